The molecule has 3 heterocycles. The fourth-order valence-electron chi connectivity index (χ4n) is 4.24. The SMILES string of the molecule is CC(C)(O)CNCC1CN(c2cc(C#N)cc(Nc3nc(NC4CC4)c4ncc(C#N)n4n3)c2Cl)CCO1. The first-order valence-electron chi connectivity index (χ1n) is 12.5. The second kappa shape index (κ2) is 10.6. The summed E-state index contributed by atoms with van der Waals surface area (Å²) < 4.78 is 7.34. The third-order valence-electron chi connectivity index (χ3n) is 6.23. The average molecular weight is 537 g/mol. The summed E-state index contributed by atoms with van der Waals surface area (Å²) in [4.78, 5) is 11.0. The zero-order valence-electron chi connectivity index (χ0n) is 21.2. The van der Waals surface area contributed by atoms with Gasteiger partial charge in [0.25, 0.3) is 0 Å². The van der Waals surface area contributed by atoms with Crippen molar-refractivity contribution in [1.29, 1.82) is 10.5 Å². The number of nitrogens with zero attached hydrogens (tertiary/aromatic N) is 7. The maximum Gasteiger partial charge on any atom is 0.247 e. The van der Waals surface area contributed by atoms with Gasteiger partial charge in [-0.2, -0.15) is 20.0 Å². The van der Waals surface area contributed by atoms with Gasteiger partial charge in [-0.25, -0.2) is 4.98 Å². The molecule has 0 amide bonds. The van der Waals surface area contributed by atoms with Crippen molar-refractivity contribution in [1.82, 2.24) is 24.9 Å². The maximum atomic E-state index is 9.96. The van der Waals surface area contributed by atoms with Gasteiger partial charge in [0.2, 0.25) is 5.95 Å². The molecule has 2 fully saturated rings. The van der Waals surface area contributed by atoms with Gasteiger partial charge in [-0.1, -0.05) is 11.6 Å². The molecule has 5 rings (SSSR count). The van der Waals surface area contributed by atoms with Gasteiger partial charge in [-0.05, 0) is 38.8 Å². The minimum atomic E-state index is -0.816. The molecule has 0 radical (unpaired) electrons. The molecule has 0 spiro atoms. The maximum absolute atomic E-state index is 9.96. The van der Waals surface area contributed by atoms with Crippen LogP contribution in [-0.2, 0) is 4.74 Å². The van der Waals surface area contributed by atoms with E-state index in [1.165, 1.54) is 10.7 Å². The number of morpholine rings is 1. The zero-order valence-corrected chi connectivity index (χ0v) is 22.0. The molecule has 1 aromatic carbocycles. The van der Waals surface area contributed by atoms with Crippen LogP contribution in [0.1, 0.15) is 37.9 Å². The molecule has 0 bridgehead atoms. The van der Waals surface area contributed by atoms with Crippen LogP contribution in [0.2, 0.25) is 5.02 Å². The van der Waals surface area contributed by atoms with E-state index in [4.69, 9.17) is 16.3 Å². The molecule has 1 unspecified atom stereocenters. The summed E-state index contributed by atoms with van der Waals surface area (Å²) in [5, 5.41) is 43.8. The van der Waals surface area contributed by atoms with E-state index < -0.39 is 5.60 Å². The number of rotatable bonds is 9. The van der Waals surface area contributed by atoms with Gasteiger partial charge in [0, 0.05) is 32.2 Å². The molecule has 3 aromatic rings. The summed E-state index contributed by atoms with van der Waals surface area (Å²) in [5.74, 6) is 0.739. The summed E-state index contributed by atoms with van der Waals surface area (Å²) in [6.07, 6.45) is 3.42. The van der Waals surface area contributed by atoms with Crippen LogP contribution in [0.5, 0.6) is 0 Å². The van der Waals surface area contributed by atoms with Crippen molar-refractivity contribution in [3.63, 3.8) is 0 Å². The highest BCUT2D eigenvalue weighted by Gasteiger charge is 2.26. The second-order valence-electron chi connectivity index (χ2n) is 10.2. The predicted molar refractivity (Wildman–Crippen MR) is 143 cm³/mol. The van der Waals surface area contributed by atoms with E-state index in [9.17, 15) is 15.6 Å². The Bertz CT molecular complexity index is 1420. The van der Waals surface area contributed by atoms with E-state index in [2.05, 4.69) is 48.1 Å². The number of anilines is 4. The minimum absolute atomic E-state index is 0.114. The summed E-state index contributed by atoms with van der Waals surface area (Å²) >= 11 is 6.88. The molecule has 1 aliphatic heterocycles. The van der Waals surface area contributed by atoms with Crippen LogP contribution >= 0.6 is 11.6 Å². The predicted octanol–water partition coefficient (Wildman–Crippen LogP) is 2.40. The summed E-state index contributed by atoms with van der Waals surface area (Å²) in [5.41, 5.74) is 1.52. The molecule has 4 N–H and O–H groups in total. The van der Waals surface area contributed by atoms with Crippen LogP contribution in [0.15, 0.2) is 18.3 Å². The van der Waals surface area contributed by atoms with Gasteiger partial charge in [-0.3, -0.25) is 0 Å². The summed E-state index contributed by atoms with van der Waals surface area (Å²) in [7, 11) is 0. The van der Waals surface area contributed by atoms with Gasteiger partial charge < -0.3 is 30.7 Å². The Hall–Kier alpha value is -3.68. The van der Waals surface area contributed by atoms with Crippen LogP contribution < -0.4 is 20.9 Å². The van der Waals surface area contributed by atoms with Gasteiger partial charge in [0.15, 0.2) is 17.2 Å². The van der Waals surface area contributed by atoms with Crippen molar-refractivity contribution in [3.8, 4) is 12.1 Å². The molecule has 13 heteroatoms. The summed E-state index contributed by atoms with van der Waals surface area (Å²) in [6.45, 7) is 6.17. The number of halogens is 1. The van der Waals surface area contributed by atoms with Crippen molar-refractivity contribution < 1.29 is 9.84 Å². The normalized spacial score (nSPS) is 17.7. The average Bonchev–Trinajstić information content (AvgIpc) is 3.60. The molecule has 1 aliphatic carbocycles. The topological polar surface area (TPSA) is 159 Å². The van der Waals surface area contributed by atoms with Crippen molar-refractivity contribution in [3.05, 3.63) is 34.6 Å². The Morgan fingerprint density at radius 3 is 2.79 bits per heavy atom. The Labute approximate surface area is 225 Å². The molecule has 2 aromatic heterocycles. The lowest BCUT2D eigenvalue weighted by Crippen LogP contribution is -2.48. The van der Waals surface area contributed by atoms with E-state index in [0.29, 0.717) is 72.3 Å². The van der Waals surface area contributed by atoms with Gasteiger partial charge in [-0.15, -0.1) is 5.10 Å². The van der Waals surface area contributed by atoms with Gasteiger partial charge in [0.1, 0.15) is 6.07 Å². The van der Waals surface area contributed by atoms with Crippen molar-refractivity contribution in [2.75, 3.05) is 48.3 Å². The smallest absolute Gasteiger partial charge is 0.247 e. The Morgan fingerprint density at radius 2 is 2.08 bits per heavy atom. The highest BCUT2D eigenvalue weighted by atomic mass is 35.5. The molecule has 38 heavy (non-hydrogen) atoms. The van der Waals surface area contributed by atoms with Crippen molar-refractivity contribution in [2.24, 2.45) is 0 Å². The van der Waals surface area contributed by atoms with Crippen LogP contribution in [0.3, 0.4) is 0 Å². The molecule has 1 atom stereocenters. The number of ether oxygens (including phenoxy) is 1. The molecule has 198 valence electrons. The van der Waals surface area contributed by atoms with Crippen molar-refractivity contribution >= 4 is 40.4 Å². The van der Waals surface area contributed by atoms with Crippen LogP contribution in [0.4, 0.5) is 23.1 Å². The largest absolute Gasteiger partial charge is 0.389 e. The first kappa shape index (κ1) is 25.9. The van der Waals surface area contributed by atoms with E-state index in [1.807, 2.05) is 0 Å². The molecule has 2 aliphatic rings. The number of hydrogen-bond donors (Lipinski definition) is 4. The number of benzene rings is 1. The molecule has 1 saturated carbocycles. The minimum Gasteiger partial charge on any atom is -0.389 e. The Balaban J connectivity index is 1.42. The number of aliphatic hydroxyl groups is 1. The van der Waals surface area contributed by atoms with E-state index in [1.54, 1.807) is 26.0 Å². The Morgan fingerprint density at radius 1 is 1.26 bits per heavy atom. The number of imidazole rings is 1. The lowest BCUT2D eigenvalue weighted by molar-refractivity contribution is 0.0322. The van der Waals surface area contributed by atoms with Gasteiger partial charge in [0.05, 0.1) is 52.5 Å². The highest BCUT2D eigenvalue weighted by Crippen LogP contribution is 2.37. The monoisotopic (exact) mass is 536 g/mol. The lowest BCUT2D eigenvalue weighted by Gasteiger charge is -2.36. The quantitative estimate of drug-likeness (QED) is 0.318. The highest BCUT2D eigenvalue weighted by molar-refractivity contribution is 6.36. The van der Waals surface area contributed by atoms with E-state index in [0.717, 1.165) is 12.8 Å². The Kier molecular flexibility index (Phi) is 7.23. The summed E-state index contributed by atoms with van der Waals surface area (Å²) in [6, 6.07) is 8.02. The lowest BCUT2D eigenvalue weighted by atomic mass is 10.1. The van der Waals surface area contributed by atoms with Crippen molar-refractivity contribution in [2.45, 2.75) is 44.4 Å². The van der Waals surface area contributed by atoms with Crippen LogP contribution in [-0.4, -0.2) is 75.2 Å². The number of nitriles is 2. The molecular weight excluding hydrogens is 508 g/mol. The van der Waals surface area contributed by atoms with E-state index >= 15 is 0 Å². The number of aromatic nitrogens is 4. The first-order valence-corrected chi connectivity index (χ1v) is 12.8. The third-order valence-corrected chi connectivity index (χ3v) is 6.63. The van der Waals surface area contributed by atoms with E-state index in [-0.39, 0.29) is 17.7 Å². The third kappa shape index (κ3) is 5.90. The number of hydrogen-bond acceptors (Lipinski definition) is 11. The first-order chi connectivity index (χ1) is 18.2. The van der Waals surface area contributed by atoms with Crippen LogP contribution in [0.25, 0.3) is 5.65 Å². The molecular formula is C25H29ClN10O2. The fourth-order valence-corrected chi connectivity index (χ4v) is 4.52. The second-order valence-corrected chi connectivity index (χ2v) is 10.5. The molecule has 12 nitrogen and oxygen atoms in total. The number of fused-ring (bicyclic) bond motifs is 1. The molecule has 1 saturated heterocycles. The van der Waals surface area contributed by atoms with Gasteiger partial charge >= 0.3 is 0 Å². The fraction of sp³-hybridized carbons (Fsp3) is 0.480. The van der Waals surface area contributed by atoms with Crippen LogP contribution in [0, 0.1) is 22.7 Å². The standard InChI is InChI=1S/C25H29ClN10O2/c1-25(2,37)14-29-12-18-13-35(5-6-38-18)20-8-15(9-27)7-19(21(20)26)32-24-33-22(31-16-3-4-16)23-30-11-17(10-28)36(23)34-24/h7-8,11,16,18,29,37H,3-6,12-14H2,1-2H3,(H2,31,32,33,34). The zero-order chi connectivity index (χ0) is 26.9. The number of nitrogens with one attached hydrogen (secondary N) is 3.